The maximum Gasteiger partial charge on any atom is 0.242 e. The zero-order valence-electron chi connectivity index (χ0n) is 13.6. The lowest BCUT2D eigenvalue weighted by Gasteiger charge is -2.31. The summed E-state index contributed by atoms with van der Waals surface area (Å²) < 4.78 is 5.47. The molecule has 1 aromatic carbocycles. The third-order valence-corrected chi connectivity index (χ3v) is 4.54. The Labute approximate surface area is 146 Å². The van der Waals surface area contributed by atoms with Crippen molar-refractivity contribution in [2.45, 2.75) is 13.0 Å². The Balaban J connectivity index is 1.57. The molecule has 124 valence electrons. The van der Waals surface area contributed by atoms with Crippen molar-refractivity contribution >= 4 is 22.9 Å². The molecule has 2 aromatic rings. The molecule has 1 aliphatic heterocycles. The normalized spacial score (nSPS) is 17.0. The number of nitrogens with one attached hydrogen (secondary N) is 1. The van der Waals surface area contributed by atoms with Gasteiger partial charge in [-0.15, -0.1) is 11.3 Å². The number of hydrogen-bond donors (Lipinski definition) is 1. The average Bonchev–Trinajstić information content (AvgIpc) is 3.12. The van der Waals surface area contributed by atoms with E-state index < -0.39 is 0 Å². The minimum atomic E-state index is 0.0974. The van der Waals surface area contributed by atoms with E-state index in [2.05, 4.69) is 17.2 Å². The summed E-state index contributed by atoms with van der Waals surface area (Å²) in [6.07, 6.45) is 0.110. The third kappa shape index (κ3) is 4.60. The number of rotatable bonds is 3. The Morgan fingerprint density at radius 1 is 1.38 bits per heavy atom. The Morgan fingerprint density at radius 2 is 2.29 bits per heavy atom. The van der Waals surface area contributed by atoms with Crippen LogP contribution in [0.3, 0.4) is 0 Å². The van der Waals surface area contributed by atoms with E-state index in [1.54, 1.807) is 11.3 Å². The molecule has 0 aliphatic carbocycles. The van der Waals surface area contributed by atoms with Crippen LogP contribution in [0.4, 0.5) is 5.69 Å². The minimum absolute atomic E-state index is 0.0974. The Hall–Kier alpha value is -2.29. The Morgan fingerprint density at radius 3 is 3.08 bits per heavy atom. The molecular formula is C19H20N2O2S. The van der Waals surface area contributed by atoms with Crippen LogP contribution in [-0.4, -0.2) is 43.2 Å². The van der Waals surface area contributed by atoms with Crippen molar-refractivity contribution in [1.82, 2.24) is 4.90 Å². The average molecular weight is 340 g/mol. The summed E-state index contributed by atoms with van der Waals surface area (Å²) in [5.41, 5.74) is 1.84. The number of anilines is 1. The van der Waals surface area contributed by atoms with Gasteiger partial charge in [0.15, 0.2) is 0 Å². The maximum atomic E-state index is 12.3. The highest BCUT2D eigenvalue weighted by Gasteiger charge is 2.20. The fourth-order valence-corrected chi connectivity index (χ4v) is 3.10. The monoisotopic (exact) mass is 340 g/mol. The van der Waals surface area contributed by atoms with E-state index in [0.29, 0.717) is 19.7 Å². The van der Waals surface area contributed by atoms with Gasteiger partial charge >= 0.3 is 0 Å². The summed E-state index contributed by atoms with van der Waals surface area (Å²) in [5.74, 6) is 6.39. The van der Waals surface area contributed by atoms with Crippen LogP contribution in [0.25, 0.3) is 0 Å². The molecule has 1 saturated heterocycles. The van der Waals surface area contributed by atoms with Crippen LogP contribution in [0.15, 0.2) is 41.8 Å². The molecule has 1 fully saturated rings. The van der Waals surface area contributed by atoms with E-state index in [0.717, 1.165) is 16.1 Å². The van der Waals surface area contributed by atoms with Gasteiger partial charge in [0, 0.05) is 24.3 Å². The topological polar surface area (TPSA) is 41.6 Å². The van der Waals surface area contributed by atoms with Gasteiger partial charge in [-0.3, -0.25) is 4.79 Å². The van der Waals surface area contributed by atoms with E-state index in [9.17, 15) is 4.79 Å². The van der Waals surface area contributed by atoms with Crippen molar-refractivity contribution in [2.75, 3.05) is 31.6 Å². The first-order valence-corrected chi connectivity index (χ1v) is 8.87. The zero-order chi connectivity index (χ0) is 16.8. The minimum Gasteiger partial charge on any atom is -0.376 e. The predicted molar refractivity (Wildman–Crippen MR) is 97.2 cm³/mol. The third-order valence-electron chi connectivity index (χ3n) is 3.75. The van der Waals surface area contributed by atoms with Crippen molar-refractivity contribution in [2.24, 2.45) is 0 Å². The van der Waals surface area contributed by atoms with Gasteiger partial charge < -0.3 is 15.0 Å². The molecule has 1 aromatic heterocycles. The lowest BCUT2D eigenvalue weighted by Crippen LogP contribution is -2.46. The number of benzene rings is 1. The van der Waals surface area contributed by atoms with Crippen molar-refractivity contribution in [3.05, 3.63) is 52.2 Å². The summed E-state index contributed by atoms with van der Waals surface area (Å²) in [7, 11) is 0. The molecule has 0 radical (unpaired) electrons. The number of carbonyl (C=O) groups is 1. The molecule has 3 rings (SSSR count). The van der Waals surface area contributed by atoms with Crippen LogP contribution in [0, 0.1) is 11.8 Å². The molecule has 24 heavy (non-hydrogen) atoms. The van der Waals surface area contributed by atoms with Gasteiger partial charge in [0.05, 0.1) is 24.1 Å². The van der Waals surface area contributed by atoms with Gasteiger partial charge in [-0.2, -0.15) is 0 Å². The molecule has 1 amide bonds. The van der Waals surface area contributed by atoms with E-state index >= 15 is 0 Å². The lowest BCUT2D eigenvalue weighted by molar-refractivity contribution is -0.136. The zero-order valence-corrected chi connectivity index (χ0v) is 14.4. The molecule has 0 saturated carbocycles. The van der Waals surface area contributed by atoms with Gasteiger partial charge in [0.1, 0.15) is 0 Å². The van der Waals surface area contributed by atoms with Crippen molar-refractivity contribution in [3.63, 3.8) is 0 Å². The SMILES string of the molecule is C[C@@H]1CN(C(=O)CNc2cccc(C#Cc3cccs3)c2)CCO1. The maximum absolute atomic E-state index is 12.3. The van der Waals surface area contributed by atoms with E-state index in [-0.39, 0.29) is 18.6 Å². The predicted octanol–water partition coefficient (Wildman–Crippen LogP) is 2.81. The smallest absolute Gasteiger partial charge is 0.242 e. The van der Waals surface area contributed by atoms with Crippen LogP contribution in [0.2, 0.25) is 0 Å². The highest BCUT2D eigenvalue weighted by Crippen LogP contribution is 2.12. The molecule has 1 atom stereocenters. The first-order valence-electron chi connectivity index (χ1n) is 7.99. The number of morpholine rings is 1. The number of carbonyl (C=O) groups excluding carboxylic acids is 1. The molecule has 0 bridgehead atoms. The second kappa shape index (κ2) is 8.00. The number of nitrogens with zero attached hydrogens (tertiary/aromatic N) is 1. The fraction of sp³-hybridized carbons (Fsp3) is 0.316. The number of amides is 1. The molecule has 0 unspecified atom stereocenters. The van der Waals surface area contributed by atoms with Gasteiger partial charge in [-0.05, 0) is 36.6 Å². The molecule has 5 heteroatoms. The second-order valence-corrected chi connectivity index (χ2v) is 6.63. The summed E-state index contributed by atoms with van der Waals surface area (Å²) in [6.45, 7) is 4.21. The van der Waals surface area contributed by atoms with Crippen LogP contribution in [0.5, 0.6) is 0 Å². The van der Waals surface area contributed by atoms with Gasteiger partial charge in [-0.1, -0.05) is 24.0 Å². The molecular weight excluding hydrogens is 320 g/mol. The molecule has 1 aliphatic rings. The Kier molecular flexibility index (Phi) is 5.52. The van der Waals surface area contributed by atoms with Crippen molar-refractivity contribution in [1.29, 1.82) is 0 Å². The summed E-state index contributed by atoms with van der Waals surface area (Å²) in [6, 6.07) is 11.8. The fourth-order valence-electron chi connectivity index (χ4n) is 2.52. The molecule has 0 spiro atoms. The first-order chi connectivity index (χ1) is 11.7. The Bertz CT molecular complexity index is 746. The lowest BCUT2D eigenvalue weighted by atomic mass is 10.2. The van der Waals surface area contributed by atoms with Gasteiger partial charge in [0.2, 0.25) is 5.91 Å². The van der Waals surface area contributed by atoms with Crippen molar-refractivity contribution < 1.29 is 9.53 Å². The molecule has 2 heterocycles. The first kappa shape index (κ1) is 16.6. The number of hydrogen-bond acceptors (Lipinski definition) is 4. The standard InChI is InChI=1S/C19H20N2O2S/c1-15-14-21(9-10-23-15)19(22)13-20-17-5-2-4-16(12-17)7-8-18-6-3-11-24-18/h2-6,11-12,15,20H,9-10,13-14H2,1H3/t15-/m1/s1. The molecule has 1 N–H and O–H groups in total. The summed E-state index contributed by atoms with van der Waals surface area (Å²) >= 11 is 1.63. The summed E-state index contributed by atoms with van der Waals surface area (Å²) in [5, 5.41) is 5.21. The van der Waals surface area contributed by atoms with E-state index in [1.165, 1.54) is 0 Å². The number of ether oxygens (including phenoxy) is 1. The van der Waals surface area contributed by atoms with Crippen LogP contribution >= 0.6 is 11.3 Å². The highest BCUT2D eigenvalue weighted by molar-refractivity contribution is 7.10. The van der Waals surface area contributed by atoms with Crippen LogP contribution in [0.1, 0.15) is 17.4 Å². The van der Waals surface area contributed by atoms with Crippen LogP contribution < -0.4 is 5.32 Å². The largest absolute Gasteiger partial charge is 0.376 e. The quantitative estimate of drug-likeness (QED) is 0.874. The van der Waals surface area contributed by atoms with Crippen LogP contribution in [-0.2, 0) is 9.53 Å². The molecule has 4 nitrogen and oxygen atoms in total. The van der Waals surface area contributed by atoms with Gasteiger partial charge in [0.25, 0.3) is 0 Å². The van der Waals surface area contributed by atoms with E-state index in [4.69, 9.17) is 4.74 Å². The second-order valence-electron chi connectivity index (χ2n) is 5.68. The highest BCUT2D eigenvalue weighted by atomic mass is 32.1. The van der Waals surface area contributed by atoms with Gasteiger partial charge in [-0.25, -0.2) is 0 Å². The van der Waals surface area contributed by atoms with Crippen molar-refractivity contribution in [3.8, 4) is 11.8 Å². The number of thiophene rings is 1. The summed E-state index contributed by atoms with van der Waals surface area (Å²) in [4.78, 5) is 15.2. The van der Waals surface area contributed by atoms with E-state index in [1.807, 2.05) is 53.6 Å².